The summed E-state index contributed by atoms with van der Waals surface area (Å²) in [6.07, 6.45) is 1.56. The summed E-state index contributed by atoms with van der Waals surface area (Å²) in [5, 5.41) is 12.2. The molecule has 0 aliphatic carbocycles. The number of rotatable bonds is 8. The predicted octanol–water partition coefficient (Wildman–Crippen LogP) is 4.12. The van der Waals surface area contributed by atoms with Gasteiger partial charge in [0.25, 0.3) is 5.56 Å². The molecule has 0 atom stereocenters. The molecule has 0 N–H and O–H groups in total. The van der Waals surface area contributed by atoms with Crippen LogP contribution in [0.2, 0.25) is 0 Å². The molecule has 0 saturated carbocycles. The van der Waals surface area contributed by atoms with Crippen molar-refractivity contribution in [1.82, 2.24) is 9.55 Å². The highest BCUT2D eigenvalue weighted by atomic mass is 32.2. The monoisotopic (exact) mass is 423 g/mol. The van der Waals surface area contributed by atoms with Gasteiger partial charge in [0.1, 0.15) is 5.76 Å². The second kappa shape index (κ2) is 8.83. The Bertz CT molecular complexity index is 1240. The van der Waals surface area contributed by atoms with E-state index in [1.54, 1.807) is 59.4 Å². The van der Waals surface area contributed by atoms with Crippen LogP contribution in [0.25, 0.3) is 10.9 Å². The first-order valence-corrected chi connectivity index (χ1v) is 10.1. The van der Waals surface area contributed by atoms with Crippen molar-refractivity contribution in [3.8, 4) is 5.75 Å². The number of fused-ring (bicyclic) bond motifs is 1. The SMILES string of the molecule is O=c1c2ccccc2nc(SCCOc2ccccc2[N+](=O)[O-])n1Cc1ccco1. The normalized spacial score (nSPS) is 10.9. The molecule has 0 saturated heterocycles. The molecule has 4 aromatic rings. The summed E-state index contributed by atoms with van der Waals surface area (Å²) in [7, 11) is 0. The molecular weight excluding hydrogens is 406 g/mol. The highest BCUT2D eigenvalue weighted by Crippen LogP contribution is 2.26. The lowest BCUT2D eigenvalue weighted by atomic mass is 10.2. The molecule has 30 heavy (non-hydrogen) atoms. The fourth-order valence-electron chi connectivity index (χ4n) is 2.97. The lowest BCUT2D eigenvalue weighted by molar-refractivity contribution is -0.385. The van der Waals surface area contributed by atoms with E-state index < -0.39 is 4.92 Å². The van der Waals surface area contributed by atoms with E-state index in [-0.39, 0.29) is 30.1 Å². The van der Waals surface area contributed by atoms with Crippen LogP contribution >= 0.6 is 11.8 Å². The second-order valence-electron chi connectivity index (χ2n) is 6.30. The van der Waals surface area contributed by atoms with E-state index in [0.29, 0.717) is 27.6 Å². The number of para-hydroxylation sites is 3. The van der Waals surface area contributed by atoms with Crippen LogP contribution in [0.3, 0.4) is 0 Å². The molecule has 0 radical (unpaired) electrons. The molecule has 152 valence electrons. The third-order valence-electron chi connectivity index (χ3n) is 4.35. The summed E-state index contributed by atoms with van der Waals surface area (Å²) in [5.41, 5.74) is 0.375. The number of nitro benzene ring substituents is 1. The molecule has 0 amide bonds. The molecular formula is C21H17N3O5S. The molecule has 8 nitrogen and oxygen atoms in total. The van der Waals surface area contributed by atoms with Gasteiger partial charge in [0.2, 0.25) is 0 Å². The van der Waals surface area contributed by atoms with Crippen LogP contribution in [0.15, 0.2) is 81.3 Å². The number of benzene rings is 2. The van der Waals surface area contributed by atoms with Crippen LogP contribution in [-0.4, -0.2) is 26.8 Å². The minimum absolute atomic E-state index is 0.0824. The Hall–Kier alpha value is -3.59. The number of ether oxygens (including phenoxy) is 1. The zero-order valence-corrected chi connectivity index (χ0v) is 16.6. The summed E-state index contributed by atoms with van der Waals surface area (Å²) >= 11 is 1.35. The highest BCUT2D eigenvalue weighted by molar-refractivity contribution is 7.99. The van der Waals surface area contributed by atoms with Crippen molar-refractivity contribution < 1.29 is 14.1 Å². The molecule has 2 aromatic heterocycles. The van der Waals surface area contributed by atoms with Gasteiger partial charge in [-0.15, -0.1) is 0 Å². The molecule has 9 heteroatoms. The van der Waals surface area contributed by atoms with Crippen LogP contribution in [-0.2, 0) is 6.54 Å². The third kappa shape index (κ3) is 4.20. The lowest BCUT2D eigenvalue weighted by Gasteiger charge is -2.12. The van der Waals surface area contributed by atoms with Gasteiger partial charge in [0, 0.05) is 11.8 Å². The van der Waals surface area contributed by atoms with E-state index in [9.17, 15) is 14.9 Å². The first-order valence-electron chi connectivity index (χ1n) is 9.14. The van der Waals surface area contributed by atoms with Crippen LogP contribution in [0, 0.1) is 10.1 Å². The fraction of sp³-hybridized carbons (Fsp3) is 0.143. The van der Waals surface area contributed by atoms with Gasteiger partial charge < -0.3 is 9.15 Å². The van der Waals surface area contributed by atoms with E-state index in [1.165, 1.54) is 17.8 Å². The zero-order valence-electron chi connectivity index (χ0n) is 15.8. The molecule has 0 aliphatic heterocycles. The molecule has 0 aliphatic rings. The Balaban J connectivity index is 1.54. The minimum atomic E-state index is -0.478. The summed E-state index contributed by atoms with van der Waals surface area (Å²) in [4.78, 5) is 28.3. The van der Waals surface area contributed by atoms with Crippen LogP contribution in [0.4, 0.5) is 5.69 Å². The predicted molar refractivity (Wildman–Crippen MR) is 113 cm³/mol. The first kappa shape index (κ1) is 19.7. The molecule has 4 rings (SSSR count). The maximum atomic E-state index is 13.0. The van der Waals surface area contributed by atoms with Gasteiger partial charge in [-0.05, 0) is 30.3 Å². The molecule has 0 bridgehead atoms. The first-order chi connectivity index (χ1) is 14.6. The average molecular weight is 423 g/mol. The molecule has 0 fully saturated rings. The smallest absolute Gasteiger partial charge is 0.310 e. The Kier molecular flexibility index (Phi) is 5.80. The molecule has 2 aromatic carbocycles. The zero-order chi connectivity index (χ0) is 20.9. The van der Waals surface area contributed by atoms with Crippen molar-refractivity contribution in [2.24, 2.45) is 0 Å². The largest absolute Gasteiger partial charge is 0.486 e. The van der Waals surface area contributed by atoms with Gasteiger partial charge in [-0.25, -0.2) is 4.98 Å². The second-order valence-corrected chi connectivity index (χ2v) is 7.37. The number of nitro groups is 1. The summed E-state index contributed by atoms with van der Waals surface area (Å²) in [6, 6.07) is 17.0. The highest BCUT2D eigenvalue weighted by Gasteiger charge is 2.15. The van der Waals surface area contributed by atoms with E-state index in [4.69, 9.17) is 9.15 Å². The van der Waals surface area contributed by atoms with Crippen molar-refractivity contribution in [2.75, 3.05) is 12.4 Å². The number of thioether (sulfide) groups is 1. The molecule has 2 heterocycles. The third-order valence-corrected chi connectivity index (χ3v) is 5.30. The Morgan fingerprint density at radius 2 is 1.90 bits per heavy atom. The maximum Gasteiger partial charge on any atom is 0.310 e. The quantitative estimate of drug-likeness (QED) is 0.138. The lowest BCUT2D eigenvalue weighted by Crippen LogP contribution is -2.24. The Morgan fingerprint density at radius 3 is 2.70 bits per heavy atom. The van der Waals surface area contributed by atoms with Crippen LogP contribution in [0.1, 0.15) is 5.76 Å². The van der Waals surface area contributed by atoms with Crippen molar-refractivity contribution in [3.05, 3.63) is 93.2 Å². The van der Waals surface area contributed by atoms with Gasteiger partial charge in [0.05, 0.1) is 35.2 Å². The number of hydrogen-bond donors (Lipinski definition) is 0. The van der Waals surface area contributed by atoms with Crippen molar-refractivity contribution in [3.63, 3.8) is 0 Å². The van der Waals surface area contributed by atoms with Gasteiger partial charge in [0.15, 0.2) is 10.9 Å². The van der Waals surface area contributed by atoms with Gasteiger partial charge in [-0.3, -0.25) is 19.5 Å². The summed E-state index contributed by atoms with van der Waals surface area (Å²) in [5.74, 6) is 1.31. The summed E-state index contributed by atoms with van der Waals surface area (Å²) in [6.45, 7) is 0.482. The van der Waals surface area contributed by atoms with Gasteiger partial charge in [-0.2, -0.15) is 0 Å². The minimum Gasteiger partial charge on any atom is -0.486 e. The topological polar surface area (TPSA) is 100 Å². The van der Waals surface area contributed by atoms with Crippen molar-refractivity contribution in [1.29, 1.82) is 0 Å². The van der Waals surface area contributed by atoms with Crippen LogP contribution in [0.5, 0.6) is 5.75 Å². The Labute approximate surface area is 175 Å². The van der Waals surface area contributed by atoms with E-state index in [2.05, 4.69) is 4.98 Å². The number of hydrogen-bond acceptors (Lipinski definition) is 7. The van der Waals surface area contributed by atoms with E-state index >= 15 is 0 Å². The average Bonchev–Trinajstić information content (AvgIpc) is 3.27. The number of nitrogens with zero attached hydrogens (tertiary/aromatic N) is 3. The van der Waals surface area contributed by atoms with Crippen molar-refractivity contribution in [2.45, 2.75) is 11.7 Å². The van der Waals surface area contributed by atoms with Crippen molar-refractivity contribution >= 4 is 28.4 Å². The van der Waals surface area contributed by atoms with E-state index in [0.717, 1.165) is 0 Å². The van der Waals surface area contributed by atoms with E-state index in [1.807, 2.05) is 6.07 Å². The summed E-state index contributed by atoms with van der Waals surface area (Å²) < 4.78 is 12.5. The van der Waals surface area contributed by atoms with Gasteiger partial charge in [-0.1, -0.05) is 36.0 Å². The maximum absolute atomic E-state index is 13.0. The molecule has 0 unspecified atom stereocenters. The Morgan fingerprint density at radius 1 is 1.10 bits per heavy atom. The number of aromatic nitrogens is 2. The fourth-order valence-corrected chi connectivity index (χ4v) is 3.79. The van der Waals surface area contributed by atoms with Gasteiger partial charge >= 0.3 is 5.69 Å². The molecule has 0 spiro atoms. The van der Waals surface area contributed by atoms with Crippen LogP contribution < -0.4 is 10.3 Å². The number of furan rings is 1. The standard InChI is InChI=1S/C21H17N3O5S/c25-20-16-7-1-2-8-17(16)22-21(23(20)14-15-6-5-11-28-15)30-13-12-29-19-10-4-3-9-18(19)24(26)27/h1-11H,12-14H2.